The Bertz CT molecular complexity index is 2440. The minimum Gasteiger partial charge on any atom is -0.494 e. The third-order valence-corrected chi connectivity index (χ3v) is 14.6. The van der Waals surface area contributed by atoms with E-state index >= 15 is 0 Å². The van der Waals surface area contributed by atoms with Crippen LogP contribution >= 0.6 is 0 Å². The normalized spacial score (nSPS) is 15.6. The van der Waals surface area contributed by atoms with Gasteiger partial charge in [-0.25, -0.2) is 33.7 Å². The van der Waals surface area contributed by atoms with Crippen LogP contribution in [0, 0.1) is 0 Å². The summed E-state index contributed by atoms with van der Waals surface area (Å²) in [6, 6.07) is 8.43. The van der Waals surface area contributed by atoms with Gasteiger partial charge in [-0.2, -0.15) is 0 Å². The summed E-state index contributed by atoms with van der Waals surface area (Å²) in [5, 5.41) is 0. The van der Waals surface area contributed by atoms with Crippen molar-refractivity contribution in [3.8, 4) is 46.0 Å². The zero-order valence-electron chi connectivity index (χ0n) is 36.4. The van der Waals surface area contributed by atoms with E-state index in [0.717, 1.165) is 36.4 Å². The topological polar surface area (TPSA) is 259 Å². The van der Waals surface area contributed by atoms with Crippen molar-refractivity contribution in [2.75, 3.05) is 73.8 Å². The molecule has 20 nitrogen and oxygen atoms in total. The van der Waals surface area contributed by atoms with Gasteiger partial charge in [-0.05, 0) is 49.9 Å². The Morgan fingerprint density at radius 1 is 0.328 bits per heavy atom. The van der Waals surface area contributed by atoms with Gasteiger partial charge in [-0.15, -0.1) is 0 Å². The minimum atomic E-state index is -4.87. The van der Waals surface area contributed by atoms with Crippen LogP contribution in [0.5, 0.6) is 46.0 Å². The lowest BCUT2D eigenvalue weighted by atomic mass is 10.2. The van der Waals surface area contributed by atoms with Crippen molar-refractivity contribution in [2.24, 2.45) is 0 Å². The highest BCUT2D eigenvalue weighted by molar-refractivity contribution is 7.94. The van der Waals surface area contributed by atoms with Crippen molar-refractivity contribution in [2.45, 2.75) is 73.0 Å². The molecule has 24 heteroatoms. The van der Waals surface area contributed by atoms with Crippen LogP contribution in [-0.4, -0.2) is 88.5 Å². The number of nitrogens with one attached hydrogen (secondary N) is 4. The van der Waals surface area contributed by atoms with Crippen LogP contribution in [0.2, 0.25) is 0 Å². The zero-order chi connectivity index (χ0) is 47.0. The zero-order valence-corrected chi connectivity index (χ0v) is 39.7. The molecule has 0 saturated carbocycles. The van der Waals surface area contributed by atoms with Gasteiger partial charge >= 0.3 is 0 Å². The first-order chi connectivity index (χ1) is 30.3. The monoisotopic (exact) mass is 972 g/mol. The Morgan fingerprint density at radius 2 is 0.531 bits per heavy atom. The van der Waals surface area contributed by atoms with E-state index in [-0.39, 0.29) is 95.2 Å². The first-order valence-electron chi connectivity index (χ1n) is 19.8. The van der Waals surface area contributed by atoms with Crippen molar-refractivity contribution in [1.29, 1.82) is 0 Å². The highest BCUT2D eigenvalue weighted by Gasteiger charge is 2.34. The number of methoxy groups -OCH3 is 4. The second-order valence-electron chi connectivity index (χ2n) is 13.8. The third kappa shape index (κ3) is 10.8. The number of hydrogen-bond acceptors (Lipinski definition) is 16. The predicted octanol–water partition coefficient (Wildman–Crippen LogP) is 6.39. The molecule has 5 rings (SSSR count). The quantitative estimate of drug-likeness (QED) is 0.0948. The molecule has 4 N–H and O–H groups in total. The highest BCUT2D eigenvalue weighted by atomic mass is 32.2. The van der Waals surface area contributed by atoms with Gasteiger partial charge in [0.05, 0.1) is 77.6 Å². The van der Waals surface area contributed by atoms with Crippen molar-refractivity contribution in [1.82, 2.24) is 0 Å². The first kappa shape index (κ1) is 49.3. The maximum Gasteiger partial charge on any atom is 0.265 e. The summed E-state index contributed by atoms with van der Waals surface area (Å²) in [5.74, 6) is -1.72. The van der Waals surface area contributed by atoms with Crippen LogP contribution in [0.25, 0.3) is 0 Å². The van der Waals surface area contributed by atoms with E-state index in [2.05, 4.69) is 18.9 Å². The van der Waals surface area contributed by atoms with E-state index in [9.17, 15) is 33.7 Å². The molecule has 4 aromatic carbocycles. The average molecular weight is 973 g/mol. The van der Waals surface area contributed by atoms with E-state index in [1.807, 2.05) is 0 Å². The molecule has 64 heavy (non-hydrogen) atoms. The van der Waals surface area contributed by atoms with E-state index < -0.39 is 59.7 Å². The fraction of sp³-hybridized carbons (Fsp3) is 0.400. The largest absolute Gasteiger partial charge is 0.494 e. The average Bonchev–Trinajstić information content (AvgIpc) is 3.25. The van der Waals surface area contributed by atoms with E-state index in [1.54, 1.807) is 27.7 Å². The molecule has 0 radical (unpaired) electrons. The number of benzene rings is 4. The smallest absolute Gasteiger partial charge is 0.265 e. The number of sulfonamides is 4. The highest BCUT2D eigenvalue weighted by Crippen LogP contribution is 2.45. The summed E-state index contributed by atoms with van der Waals surface area (Å²) < 4.78 is 171. The third-order valence-electron chi connectivity index (χ3n) is 9.05. The van der Waals surface area contributed by atoms with Gasteiger partial charge in [-0.1, -0.05) is 27.7 Å². The summed E-state index contributed by atoms with van der Waals surface area (Å²) in [4.78, 5) is -2.65. The maximum atomic E-state index is 14.6. The van der Waals surface area contributed by atoms with Crippen LogP contribution in [0.3, 0.4) is 0 Å². The number of ether oxygens (including phenoxy) is 8. The molecular weight excluding hydrogens is 921 g/mol. The fourth-order valence-corrected chi connectivity index (χ4v) is 11.1. The van der Waals surface area contributed by atoms with Crippen molar-refractivity contribution in [3.05, 3.63) is 48.5 Å². The number of rotatable bonds is 16. The molecule has 0 atom stereocenters. The SMILES string of the molecule is CCCOc1cc(OCCC)c2cc1S(=O)(=O)Nc1cc(c(OC)cc1OC)NS(=O)(=O)c1cc(c(OCCC)cc1OCCC)S(=O)(=O)Nc1cc(c(OC)cc1OC)NS2(=O)=O. The lowest BCUT2D eigenvalue weighted by molar-refractivity contribution is 0.290. The van der Waals surface area contributed by atoms with Gasteiger partial charge in [0, 0.05) is 24.3 Å². The lowest BCUT2D eigenvalue weighted by Crippen LogP contribution is -2.21. The Hall–Kier alpha value is -5.72. The van der Waals surface area contributed by atoms with Crippen molar-refractivity contribution < 1.29 is 71.6 Å². The van der Waals surface area contributed by atoms with Gasteiger partial charge in [-0.3, -0.25) is 18.9 Å². The molecule has 0 spiro atoms. The molecular formula is C40H52N4O16S4. The lowest BCUT2D eigenvalue weighted by Gasteiger charge is -2.22. The van der Waals surface area contributed by atoms with Gasteiger partial charge in [0.2, 0.25) is 0 Å². The number of fused-ring (bicyclic) bond motifs is 8. The Morgan fingerprint density at radius 3 is 0.719 bits per heavy atom. The molecule has 0 amide bonds. The molecule has 1 aliphatic rings. The first-order valence-corrected chi connectivity index (χ1v) is 25.8. The summed E-state index contributed by atoms with van der Waals surface area (Å²) in [6.07, 6.45) is 1.72. The van der Waals surface area contributed by atoms with Crippen LogP contribution in [0.1, 0.15) is 53.4 Å². The van der Waals surface area contributed by atoms with Gasteiger partial charge in [0.15, 0.2) is 0 Å². The molecule has 352 valence electrons. The van der Waals surface area contributed by atoms with Crippen molar-refractivity contribution >= 4 is 62.8 Å². The molecule has 1 heterocycles. The van der Waals surface area contributed by atoms with Crippen LogP contribution in [0.15, 0.2) is 68.1 Å². The summed E-state index contributed by atoms with van der Waals surface area (Å²) in [5.41, 5.74) is -1.34. The van der Waals surface area contributed by atoms with Crippen LogP contribution in [-0.2, 0) is 40.1 Å². The number of hydrogen-bond donors (Lipinski definition) is 4. The van der Waals surface area contributed by atoms with Gasteiger partial charge < -0.3 is 37.9 Å². The van der Waals surface area contributed by atoms with Gasteiger partial charge in [0.1, 0.15) is 65.6 Å². The predicted molar refractivity (Wildman–Crippen MR) is 238 cm³/mol. The number of anilines is 4. The molecule has 0 saturated heterocycles. The fourth-order valence-electron chi connectivity index (χ4n) is 6.10. The maximum absolute atomic E-state index is 14.6. The molecule has 0 aliphatic carbocycles. The summed E-state index contributed by atoms with van der Waals surface area (Å²) >= 11 is 0. The Kier molecular flexibility index (Phi) is 15.7. The summed E-state index contributed by atoms with van der Waals surface area (Å²) in [6.45, 7) is 7.15. The second-order valence-corrected chi connectivity index (χ2v) is 20.4. The standard InChI is InChI=1S/C40H52N4O16S4/c1-9-13-57-33-21-34(58-14-10-2)38-23-37(33)61(45,46)41-25-17-26(30(54-6)19-29(25)53-5)43-63(49,50)39-24-40(36(60-16-12-4)22-35(39)59-15-11-3)64(51,52)44-28-18-27(42-62(38,47)48)31(55-7)20-32(28)56-8/h17-24,41-44H,9-16H2,1-8H3. The Labute approximate surface area is 374 Å². The van der Waals surface area contributed by atoms with Crippen molar-refractivity contribution in [3.63, 3.8) is 0 Å². The molecule has 0 fully saturated rings. The van der Waals surface area contributed by atoms with Crippen LogP contribution < -0.4 is 56.8 Å². The molecule has 0 unspecified atom stereocenters. The summed E-state index contributed by atoms with van der Waals surface area (Å²) in [7, 11) is -14.6. The molecule has 4 aromatic rings. The van der Waals surface area contributed by atoms with E-state index in [4.69, 9.17) is 37.9 Å². The molecule has 8 bridgehead atoms. The molecule has 1 aliphatic heterocycles. The Balaban J connectivity index is 1.93. The van der Waals surface area contributed by atoms with Crippen LogP contribution in [0.4, 0.5) is 22.7 Å². The van der Waals surface area contributed by atoms with Gasteiger partial charge in [0.25, 0.3) is 40.1 Å². The minimum absolute atomic E-state index is 0.0109. The van der Waals surface area contributed by atoms with E-state index in [1.165, 1.54) is 40.6 Å². The molecule has 0 aromatic heterocycles. The van der Waals surface area contributed by atoms with E-state index in [0.29, 0.717) is 25.7 Å². The second kappa shape index (κ2) is 20.4.